The molecule has 0 spiro atoms. The molecule has 0 bridgehead atoms. The Kier molecular flexibility index (Phi) is 2.96. The molecule has 1 saturated carbocycles. The second kappa shape index (κ2) is 4.23. The van der Waals surface area contributed by atoms with Crippen LogP contribution in [0.3, 0.4) is 0 Å². The monoisotopic (exact) mass is 206 g/mol. The van der Waals surface area contributed by atoms with Gasteiger partial charge >= 0.3 is 0 Å². The van der Waals surface area contributed by atoms with Gasteiger partial charge in [-0.1, -0.05) is 18.6 Å². The first kappa shape index (κ1) is 10.5. The van der Waals surface area contributed by atoms with Gasteiger partial charge in [0, 0.05) is 6.61 Å². The highest BCUT2D eigenvalue weighted by molar-refractivity contribution is 5.29. The van der Waals surface area contributed by atoms with Gasteiger partial charge in [-0.05, 0) is 42.4 Å². The van der Waals surface area contributed by atoms with Gasteiger partial charge in [-0.15, -0.1) is 0 Å². The minimum absolute atomic E-state index is 0.159. The molecule has 1 fully saturated rings. The van der Waals surface area contributed by atoms with Gasteiger partial charge in [-0.2, -0.15) is 0 Å². The summed E-state index contributed by atoms with van der Waals surface area (Å²) >= 11 is 0. The van der Waals surface area contributed by atoms with E-state index in [9.17, 15) is 5.11 Å². The predicted molar refractivity (Wildman–Crippen MR) is 60.1 cm³/mol. The third-order valence-corrected chi connectivity index (χ3v) is 3.46. The number of aliphatic hydroxyl groups is 1. The first-order valence-electron chi connectivity index (χ1n) is 5.52. The first-order chi connectivity index (χ1) is 7.28. The Morgan fingerprint density at radius 2 is 2.20 bits per heavy atom. The lowest BCUT2D eigenvalue weighted by atomic mass is 9.66. The molecule has 2 rings (SSSR count). The van der Waals surface area contributed by atoms with E-state index >= 15 is 0 Å². The van der Waals surface area contributed by atoms with Gasteiger partial charge in [0.05, 0.1) is 7.11 Å². The van der Waals surface area contributed by atoms with Crippen LogP contribution in [0.1, 0.15) is 24.8 Å². The summed E-state index contributed by atoms with van der Waals surface area (Å²) in [6.45, 7) is 0.310. The van der Waals surface area contributed by atoms with Crippen molar-refractivity contribution in [3.63, 3.8) is 0 Å². The Balaban J connectivity index is 2.09. The van der Waals surface area contributed by atoms with Crippen molar-refractivity contribution < 1.29 is 9.84 Å². The Morgan fingerprint density at radius 1 is 1.40 bits per heavy atom. The molecular weight excluding hydrogens is 188 g/mol. The van der Waals surface area contributed by atoms with Crippen LogP contribution in [0.25, 0.3) is 0 Å². The summed E-state index contributed by atoms with van der Waals surface area (Å²) in [4.78, 5) is 0. The molecule has 0 aliphatic heterocycles. The quantitative estimate of drug-likeness (QED) is 0.819. The minimum atomic E-state index is 0.159. The molecule has 0 aromatic heterocycles. The fourth-order valence-electron chi connectivity index (χ4n) is 2.28. The maximum atomic E-state index is 9.39. The molecular formula is C13H18O2. The standard InChI is InChI=1S/C13H18O2/c1-15-12-5-2-4-11(8-12)9-13(10-14)6-3-7-13/h2,4-5,8,14H,3,6-7,9-10H2,1H3. The SMILES string of the molecule is COc1cccc(CC2(CO)CCC2)c1. The number of benzene rings is 1. The number of hydrogen-bond donors (Lipinski definition) is 1. The maximum Gasteiger partial charge on any atom is 0.119 e. The molecule has 1 aliphatic rings. The highest BCUT2D eigenvalue weighted by atomic mass is 16.5. The third-order valence-electron chi connectivity index (χ3n) is 3.46. The maximum absolute atomic E-state index is 9.39. The van der Waals surface area contributed by atoms with Gasteiger partial charge in [-0.3, -0.25) is 0 Å². The van der Waals surface area contributed by atoms with Crippen LogP contribution < -0.4 is 4.74 Å². The van der Waals surface area contributed by atoms with Crippen LogP contribution in [-0.2, 0) is 6.42 Å². The Morgan fingerprint density at radius 3 is 2.73 bits per heavy atom. The number of hydrogen-bond acceptors (Lipinski definition) is 2. The van der Waals surface area contributed by atoms with E-state index in [2.05, 4.69) is 12.1 Å². The first-order valence-corrected chi connectivity index (χ1v) is 5.52. The van der Waals surface area contributed by atoms with Crippen LogP contribution in [-0.4, -0.2) is 18.8 Å². The van der Waals surface area contributed by atoms with E-state index in [0.717, 1.165) is 25.0 Å². The van der Waals surface area contributed by atoms with E-state index in [-0.39, 0.29) is 5.41 Å². The second-order valence-corrected chi connectivity index (χ2v) is 4.54. The highest BCUT2D eigenvalue weighted by Crippen LogP contribution is 2.43. The summed E-state index contributed by atoms with van der Waals surface area (Å²) in [5.74, 6) is 0.903. The summed E-state index contributed by atoms with van der Waals surface area (Å²) in [5, 5.41) is 9.39. The van der Waals surface area contributed by atoms with Crippen molar-refractivity contribution >= 4 is 0 Å². The largest absolute Gasteiger partial charge is 0.497 e. The number of methoxy groups -OCH3 is 1. The molecule has 1 aliphatic carbocycles. The fourth-order valence-corrected chi connectivity index (χ4v) is 2.28. The highest BCUT2D eigenvalue weighted by Gasteiger charge is 2.36. The summed E-state index contributed by atoms with van der Waals surface area (Å²) < 4.78 is 5.19. The molecule has 82 valence electrons. The van der Waals surface area contributed by atoms with E-state index in [1.807, 2.05) is 12.1 Å². The minimum Gasteiger partial charge on any atom is -0.497 e. The lowest BCUT2D eigenvalue weighted by Crippen LogP contribution is -2.35. The van der Waals surface area contributed by atoms with Crippen molar-refractivity contribution in [2.45, 2.75) is 25.7 Å². The Hall–Kier alpha value is -1.02. The van der Waals surface area contributed by atoms with Crippen molar-refractivity contribution in [3.8, 4) is 5.75 Å². The molecule has 0 unspecified atom stereocenters. The van der Waals surface area contributed by atoms with Crippen LogP contribution in [0.15, 0.2) is 24.3 Å². The van der Waals surface area contributed by atoms with Crippen LogP contribution in [0, 0.1) is 5.41 Å². The van der Waals surface area contributed by atoms with E-state index in [0.29, 0.717) is 6.61 Å². The molecule has 0 saturated heterocycles. The number of ether oxygens (including phenoxy) is 1. The van der Waals surface area contributed by atoms with Gasteiger partial charge < -0.3 is 9.84 Å². The van der Waals surface area contributed by atoms with Gasteiger partial charge in [-0.25, -0.2) is 0 Å². The second-order valence-electron chi connectivity index (χ2n) is 4.54. The summed E-state index contributed by atoms with van der Waals surface area (Å²) in [5.41, 5.74) is 1.43. The van der Waals surface area contributed by atoms with E-state index in [4.69, 9.17) is 4.74 Å². The normalized spacial score (nSPS) is 18.3. The Labute approximate surface area is 90.9 Å². The van der Waals surface area contributed by atoms with Crippen molar-refractivity contribution in [2.24, 2.45) is 5.41 Å². The zero-order valence-corrected chi connectivity index (χ0v) is 9.20. The number of rotatable bonds is 4. The fraction of sp³-hybridized carbons (Fsp3) is 0.538. The molecule has 0 amide bonds. The van der Waals surface area contributed by atoms with Crippen molar-refractivity contribution in [1.82, 2.24) is 0 Å². The topological polar surface area (TPSA) is 29.5 Å². The summed E-state index contributed by atoms with van der Waals surface area (Å²) in [6.07, 6.45) is 4.53. The van der Waals surface area contributed by atoms with Gasteiger partial charge in [0.1, 0.15) is 5.75 Å². The lowest BCUT2D eigenvalue weighted by Gasteiger charge is -2.40. The predicted octanol–water partition coefficient (Wildman–Crippen LogP) is 2.40. The molecule has 2 nitrogen and oxygen atoms in total. The van der Waals surface area contributed by atoms with Crippen LogP contribution in [0.4, 0.5) is 0 Å². The van der Waals surface area contributed by atoms with Gasteiger partial charge in [0.25, 0.3) is 0 Å². The van der Waals surface area contributed by atoms with Crippen LogP contribution in [0.5, 0.6) is 5.75 Å². The average Bonchev–Trinajstić information content (AvgIpc) is 2.24. The molecule has 0 atom stereocenters. The molecule has 2 heteroatoms. The Bertz CT molecular complexity index is 324. The average molecular weight is 206 g/mol. The van der Waals surface area contributed by atoms with Gasteiger partial charge in [0.2, 0.25) is 0 Å². The van der Waals surface area contributed by atoms with E-state index < -0.39 is 0 Å². The molecule has 1 aromatic carbocycles. The molecule has 0 heterocycles. The number of aliphatic hydroxyl groups excluding tert-OH is 1. The smallest absolute Gasteiger partial charge is 0.119 e. The van der Waals surface area contributed by atoms with Gasteiger partial charge in [0.15, 0.2) is 0 Å². The zero-order valence-electron chi connectivity index (χ0n) is 9.20. The van der Waals surface area contributed by atoms with Crippen molar-refractivity contribution in [2.75, 3.05) is 13.7 Å². The molecule has 1 N–H and O–H groups in total. The molecule has 15 heavy (non-hydrogen) atoms. The molecule has 1 aromatic rings. The summed E-state index contributed by atoms with van der Waals surface area (Å²) in [6, 6.07) is 8.14. The lowest BCUT2D eigenvalue weighted by molar-refractivity contribution is 0.0450. The van der Waals surface area contributed by atoms with Crippen molar-refractivity contribution in [3.05, 3.63) is 29.8 Å². The zero-order chi connectivity index (χ0) is 10.7. The molecule has 0 radical (unpaired) electrons. The summed E-state index contributed by atoms with van der Waals surface area (Å²) in [7, 11) is 1.68. The third kappa shape index (κ3) is 2.15. The van der Waals surface area contributed by atoms with E-state index in [1.165, 1.54) is 12.0 Å². The van der Waals surface area contributed by atoms with Crippen LogP contribution in [0.2, 0.25) is 0 Å². The van der Waals surface area contributed by atoms with E-state index in [1.54, 1.807) is 7.11 Å². The van der Waals surface area contributed by atoms with Crippen molar-refractivity contribution in [1.29, 1.82) is 0 Å². The van der Waals surface area contributed by atoms with Crippen LogP contribution >= 0.6 is 0 Å².